The van der Waals surface area contributed by atoms with Crippen LogP contribution in [0.3, 0.4) is 0 Å². The van der Waals surface area contributed by atoms with E-state index in [0.717, 1.165) is 38.2 Å². The molecule has 1 saturated heterocycles. The van der Waals surface area contributed by atoms with E-state index in [9.17, 15) is 13.6 Å². The molecule has 3 rings (SSSR count). The van der Waals surface area contributed by atoms with Crippen LogP contribution in [0.1, 0.15) is 48.7 Å². The predicted octanol–water partition coefficient (Wildman–Crippen LogP) is 4.61. The molecule has 0 saturated carbocycles. The summed E-state index contributed by atoms with van der Waals surface area (Å²) in [6.45, 7) is 10.3. The molecule has 0 unspecified atom stereocenters. The first-order valence-corrected chi connectivity index (χ1v) is 9.80. The van der Waals surface area contributed by atoms with E-state index in [1.807, 2.05) is 0 Å². The van der Waals surface area contributed by atoms with Crippen molar-refractivity contribution in [1.82, 2.24) is 9.80 Å². The van der Waals surface area contributed by atoms with Crippen LogP contribution in [0, 0.1) is 11.6 Å². The highest BCUT2D eigenvalue weighted by atomic mass is 19.2. The Bertz CT molecular complexity index is 827. The van der Waals surface area contributed by atoms with Crippen LogP contribution in [0.25, 0.3) is 0 Å². The van der Waals surface area contributed by atoms with Crippen molar-refractivity contribution in [3.63, 3.8) is 0 Å². The minimum Gasteiger partial charge on any atom is -0.337 e. The molecular weight excluding hydrogens is 358 g/mol. The average molecular weight is 386 g/mol. The quantitative estimate of drug-likeness (QED) is 0.769. The Morgan fingerprint density at radius 1 is 0.929 bits per heavy atom. The largest absolute Gasteiger partial charge is 0.337 e. The second kappa shape index (κ2) is 8.39. The summed E-state index contributed by atoms with van der Waals surface area (Å²) in [6, 6.07) is 12.1. The molecule has 150 valence electrons. The number of nitrogens with zero attached hydrogens (tertiary/aromatic N) is 2. The third kappa shape index (κ3) is 4.96. The highest BCUT2D eigenvalue weighted by molar-refractivity contribution is 5.94. The molecule has 2 aromatic carbocycles. The second-order valence-corrected chi connectivity index (χ2v) is 8.50. The van der Waals surface area contributed by atoms with Gasteiger partial charge in [-0.15, -0.1) is 0 Å². The van der Waals surface area contributed by atoms with Crippen molar-refractivity contribution >= 4 is 5.91 Å². The molecule has 3 nitrogen and oxygen atoms in total. The van der Waals surface area contributed by atoms with Crippen LogP contribution in [0.2, 0.25) is 0 Å². The lowest BCUT2D eigenvalue weighted by Crippen LogP contribution is -2.35. The minimum atomic E-state index is -0.985. The monoisotopic (exact) mass is 386 g/mol. The summed E-state index contributed by atoms with van der Waals surface area (Å²) in [4.78, 5) is 16.7. The number of benzene rings is 2. The Kier molecular flexibility index (Phi) is 6.14. The molecule has 0 spiro atoms. The first kappa shape index (κ1) is 20.5. The summed E-state index contributed by atoms with van der Waals surface area (Å²) >= 11 is 0. The van der Waals surface area contributed by atoms with Crippen LogP contribution in [-0.2, 0) is 12.0 Å². The standard InChI is InChI=1S/C23H28F2N2O/c1-23(2,3)19-8-5-17(6-9-19)16-26-11-4-12-27(14-13-26)22(28)18-7-10-20(24)21(25)15-18/h5-10,15H,4,11-14,16H2,1-3H3. The fourth-order valence-electron chi connectivity index (χ4n) is 3.51. The molecule has 5 heteroatoms. The van der Waals surface area contributed by atoms with Gasteiger partial charge in [0.1, 0.15) is 0 Å². The number of amides is 1. The van der Waals surface area contributed by atoms with Crippen LogP contribution in [0.4, 0.5) is 8.78 Å². The van der Waals surface area contributed by atoms with Crippen LogP contribution >= 0.6 is 0 Å². The van der Waals surface area contributed by atoms with E-state index in [1.165, 1.54) is 17.2 Å². The van der Waals surface area contributed by atoms with Crippen LogP contribution in [0.15, 0.2) is 42.5 Å². The third-order valence-corrected chi connectivity index (χ3v) is 5.27. The summed E-state index contributed by atoms with van der Waals surface area (Å²) in [5, 5.41) is 0. The van der Waals surface area contributed by atoms with Gasteiger partial charge < -0.3 is 4.90 Å². The van der Waals surface area contributed by atoms with Gasteiger partial charge in [-0.2, -0.15) is 0 Å². The van der Waals surface area contributed by atoms with Gasteiger partial charge in [-0.1, -0.05) is 45.0 Å². The molecule has 1 fully saturated rings. The first-order valence-electron chi connectivity index (χ1n) is 9.80. The fraction of sp³-hybridized carbons (Fsp3) is 0.435. The topological polar surface area (TPSA) is 23.6 Å². The van der Waals surface area contributed by atoms with E-state index in [-0.39, 0.29) is 16.9 Å². The summed E-state index contributed by atoms with van der Waals surface area (Å²) in [7, 11) is 0. The van der Waals surface area contributed by atoms with E-state index >= 15 is 0 Å². The lowest BCUT2D eigenvalue weighted by Gasteiger charge is -2.23. The predicted molar refractivity (Wildman–Crippen MR) is 107 cm³/mol. The summed E-state index contributed by atoms with van der Waals surface area (Å²) in [5.74, 6) is -2.16. The van der Waals surface area contributed by atoms with Crippen molar-refractivity contribution < 1.29 is 13.6 Å². The van der Waals surface area contributed by atoms with Gasteiger partial charge >= 0.3 is 0 Å². The Labute approximate surface area is 166 Å². The van der Waals surface area contributed by atoms with Crippen molar-refractivity contribution in [2.75, 3.05) is 26.2 Å². The molecule has 0 radical (unpaired) electrons. The molecule has 0 atom stereocenters. The summed E-state index contributed by atoms with van der Waals surface area (Å²) in [5.41, 5.74) is 2.91. The summed E-state index contributed by atoms with van der Waals surface area (Å²) < 4.78 is 26.6. The molecule has 2 aromatic rings. The Morgan fingerprint density at radius 2 is 1.64 bits per heavy atom. The maximum absolute atomic E-state index is 13.4. The number of rotatable bonds is 3. The first-order chi connectivity index (χ1) is 13.2. The van der Waals surface area contributed by atoms with Crippen LogP contribution < -0.4 is 0 Å². The van der Waals surface area contributed by atoms with E-state index in [4.69, 9.17) is 0 Å². The van der Waals surface area contributed by atoms with Crippen molar-refractivity contribution in [1.29, 1.82) is 0 Å². The van der Waals surface area contributed by atoms with Gasteiger partial charge in [-0.05, 0) is 41.2 Å². The van der Waals surface area contributed by atoms with Gasteiger partial charge in [0.2, 0.25) is 0 Å². The van der Waals surface area contributed by atoms with Crippen molar-refractivity contribution in [3.05, 3.63) is 70.8 Å². The number of carbonyl (C=O) groups is 1. The number of carbonyl (C=O) groups excluding carboxylic acids is 1. The number of hydrogen-bond donors (Lipinski definition) is 0. The maximum atomic E-state index is 13.4. The molecular formula is C23H28F2N2O. The Balaban J connectivity index is 1.60. The lowest BCUT2D eigenvalue weighted by molar-refractivity contribution is 0.0760. The van der Waals surface area contributed by atoms with Crippen LogP contribution in [-0.4, -0.2) is 41.9 Å². The zero-order valence-corrected chi connectivity index (χ0v) is 16.8. The summed E-state index contributed by atoms with van der Waals surface area (Å²) in [6.07, 6.45) is 0.857. The van der Waals surface area contributed by atoms with Crippen molar-refractivity contribution in [3.8, 4) is 0 Å². The molecule has 0 aromatic heterocycles. The van der Waals surface area contributed by atoms with E-state index in [0.29, 0.717) is 13.1 Å². The molecule has 1 amide bonds. The minimum absolute atomic E-state index is 0.141. The van der Waals surface area contributed by atoms with Gasteiger partial charge in [0, 0.05) is 38.3 Å². The highest BCUT2D eigenvalue weighted by Gasteiger charge is 2.21. The van der Waals surface area contributed by atoms with E-state index in [1.54, 1.807) is 4.90 Å². The smallest absolute Gasteiger partial charge is 0.254 e. The van der Waals surface area contributed by atoms with Crippen molar-refractivity contribution in [2.45, 2.75) is 39.2 Å². The highest BCUT2D eigenvalue weighted by Crippen LogP contribution is 2.23. The van der Waals surface area contributed by atoms with Gasteiger partial charge in [0.15, 0.2) is 11.6 Å². The lowest BCUT2D eigenvalue weighted by atomic mass is 9.87. The molecule has 28 heavy (non-hydrogen) atoms. The van der Waals surface area contributed by atoms with Gasteiger partial charge in [-0.25, -0.2) is 8.78 Å². The maximum Gasteiger partial charge on any atom is 0.254 e. The van der Waals surface area contributed by atoms with Gasteiger partial charge in [0.25, 0.3) is 5.91 Å². The van der Waals surface area contributed by atoms with Gasteiger partial charge in [-0.3, -0.25) is 9.69 Å². The second-order valence-electron chi connectivity index (χ2n) is 8.50. The molecule has 1 heterocycles. The molecule has 0 aliphatic carbocycles. The molecule has 1 aliphatic heterocycles. The molecule has 1 aliphatic rings. The third-order valence-electron chi connectivity index (χ3n) is 5.27. The zero-order chi connectivity index (χ0) is 20.3. The Morgan fingerprint density at radius 3 is 2.29 bits per heavy atom. The van der Waals surface area contributed by atoms with E-state index in [2.05, 4.69) is 49.9 Å². The SMILES string of the molecule is CC(C)(C)c1ccc(CN2CCCN(C(=O)c3ccc(F)c(F)c3)CC2)cc1. The van der Waals surface area contributed by atoms with E-state index < -0.39 is 11.6 Å². The van der Waals surface area contributed by atoms with Crippen molar-refractivity contribution in [2.24, 2.45) is 0 Å². The average Bonchev–Trinajstić information content (AvgIpc) is 2.89. The fourth-order valence-corrected chi connectivity index (χ4v) is 3.51. The molecule has 0 N–H and O–H groups in total. The normalized spacial score (nSPS) is 16.1. The van der Waals surface area contributed by atoms with Gasteiger partial charge in [0.05, 0.1) is 0 Å². The Hall–Kier alpha value is -2.27. The number of halogens is 2. The van der Waals surface area contributed by atoms with Crippen LogP contribution in [0.5, 0.6) is 0 Å². The molecule has 0 bridgehead atoms. The number of hydrogen-bond acceptors (Lipinski definition) is 2. The zero-order valence-electron chi connectivity index (χ0n) is 16.8.